The fourth-order valence-electron chi connectivity index (χ4n) is 0.413. The molecule has 0 aromatic heterocycles. The standard InChI is InChI=1S/2C4H9NO3.3H2O/c2*1-2(6)3(5)4(7)8;;;/h2*2-3,6H,5H2,1H3,(H,7,8);3*1H2/t2*2-,3+;;;/m11.../s1. The van der Waals surface area contributed by atoms with Crippen LogP contribution in [0.1, 0.15) is 13.8 Å². The predicted molar refractivity (Wildman–Crippen MR) is 65.4 cm³/mol. The number of aliphatic hydroxyl groups excluding tert-OH is 2. The third-order valence-corrected chi connectivity index (χ3v) is 1.61. The summed E-state index contributed by atoms with van der Waals surface area (Å²) in [6, 6.07) is -2.31. The highest BCUT2D eigenvalue weighted by Crippen LogP contribution is 1.86. The minimum absolute atomic E-state index is 0. The highest BCUT2D eigenvalue weighted by molar-refractivity contribution is 5.74. The number of hydrogen-bond acceptors (Lipinski definition) is 6. The van der Waals surface area contributed by atoms with Gasteiger partial charge in [-0.25, -0.2) is 0 Å². The molecule has 4 atom stereocenters. The van der Waals surface area contributed by atoms with Crippen molar-refractivity contribution in [1.82, 2.24) is 0 Å². The van der Waals surface area contributed by atoms with Crippen molar-refractivity contribution < 1.29 is 46.4 Å². The van der Waals surface area contributed by atoms with Gasteiger partial charge in [-0.15, -0.1) is 0 Å². The molecule has 0 aliphatic heterocycles. The van der Waals surface area contributed by atoms with Gasteiger partial charge in [0.05, 0.1) is 12.2 Å². The van der Waals surface area contributed by atoms with Crippen LogP contribution in [0.15, 0.2) is 0 Å². The van der Waals surface area contributed by atoms with Crippen LogP contribution < -0.4 is 11.5 Å². The Morgan fingerprint density at radius 1 is 0.789 bits per heavy atom. The second-order valence-corrected chi connectivity index (χ2v) is 3.21. The first-order chi connectivity index (χ1) is 7.11. The van der Waals surface area contributed by atoms with Crippen LogP contribution in [0.3, 0.4) is 0 Å². The normalized spacial score (nSPS) is 14.6. The molecule has 11 nitrogen and oxygen atoms in total. The zero-order valence-corrected chi connectivity index (χ0v) is 10.6. The first kappa shape index (κ1) is 30.6. The van der Waals surface area contributed by atoms with Crippen molar-refractivity contribution in [2.45, 2.75) is 38.1 Å². The van der Waals surface area contributed by atoms with E-state index in [1.54, 1.807) is 0 Å². The van der Waals surface area contributed by atoms with E-state index in [-0.39, 0.29) is 16.4 Å². The molecule has 0 aromatic rings. The van der Waals surface area contributed by atoms with Gasteiger partial charge < -0.3 is 48.3 Å². The number of carbonyl (C=O) groups is 2. The fraction of sp³-hybridized carbons (Fsp3) is 0.750. The Balaban J connectivity index is -0.0000000594. The highest BCUT2D eigenvalue weighted by Gasteiger charge is 2.16. The summed E-state index contributed by atoms with van der Waals surface area (Å²) in [5, 5.41) is 33.1. The molecule has 0 aromatic carbocycles. The fourth-order valence-corrected chi connectivity index (χ4v) is 0.413. The molecule has 19 heavy (non-hydrogen) atoms. The lowest BCUT2D eigenvalue weighted by Gasteiger charge is -2.07. The Hall–Kier alpha value is -1.34. The van der Waals surface area contributed by atoms with E-state index in [1.165, 1.54) is 13.8 Å². The van der Waals surface area contributed by atoms with Crippen molar-refractivity contribution in [3.8, 4) is 0 Å². The van der Waals surface area contributed by atoms with Crippen LogP contribution in [0.4, 0.5) is 0 Å². The van der Waals surface area contributed by atoms with E-state index in [2.05, 4.69) is 0 Å². The minimum atomic E-state index is -1.18. The molecule has 0 bridgehead atoms. The van der Waals surface area contributed by atoms with Gasteiger partial charge in [-0.3, -0.25) is 9.59 Å². The molecule has 0 aliphatic rings. The molecule has 0 heterocycles. The summed E-state index contributed by atoms with van der Waals surface area (Å²) in [4.78, 5) is 19.7. The summed E-state index contributed by atoms with van der Waals surface area (Å²) in [6.07, 6.45) is -1.96. The lowest BCUT2D eigenvalue weighted by atomic mass is 10.2. The molecule has 0 spiro atoms. The quantitative estimate of drug-likeness (QED) is 0.291. The van der Waals surface area contributed by atoms with E-state index in [0.717, 1.165) is 0 Å². The second-order valence-electron chi connectivity index (χ2n) is 3.21. The summed E-state index contributed by atoms with van der Waals surface area (Å²) < 4.78 is 0. The van der Waals surface area contributed by atoms with Gasteiger partial charge in [0.25, 0.3) is 0 Å². The van der Waals surface area contributed by atoms with Crippen molar-refractivity contribution >= 4 is 11.9 Å². The van der Waals surface area contributed by atoms with Crippen LogP contribution in [0.25, 0.3) is 0 Å². The maximum absolute atomic E-state index is 9.86. The average Bonchev–Trinajstić information content (AvgIpc) is 2.15. The molecule has 11 heteroatoms. The zero-order valence-electron chi connectivity index (χ0n) is 10.6. The summed E-state index contributed by atoms with van der Waals surface area (Å²) in [5.41, 5.74) is 9.82. The summed E-state index contributed by atoms with van der Waals surface area (Å²) in [5.74, 6) is -2.36. The smallest absolute Gasteiger partial charge is 0.323 e. The number of hydrogen-bond donors (Lipinski definition) is 6. The lowest BCUT2D eigenvalue weighted by Crippen LogP contribution is -2.39. The van der Waals surface area contributed by atoms with Crippen LogP contribution in [-0.2, 0) is 9.59 Å². The van der Waals surface area contributed by atoms with Crippen LogP contribution in [0.5, 0.6) is 0 Å². The van der Waals surface area contributed by atoms with Gasteiger partial charge in [-0.05, 0) is 13.8 Å². The van der Waals surface area contributed by atoms with Gasteiger partial charge in [-0.2, -0.15) is 0 Å². The molecule has 0 saturated carbocycles. The summed E-state index contributed by atoms with van der Waals surface area (Å²) >= 11 is 0. The molecule has 0 radical (unpaired) electrons. The molecule has 0 rings (SSSR count). The maximum atomic E-state index is 9.86. The lowest BCUT2D eigenvalue weighted by molar-refractivity contribution is -0.141. The minimum Gasteiger partial charge on any atom is -0.480 e. The van der Waals surface area contributed by atoms with E-state index < -0.39 is 36.2 Å². The van der Waals surface area contributed by atoms with Gasteiger partial charge in [-0.1, -0.05) is 0 Å². The Morgan fingerprint density at radius 2 is 0.947 bits per heavy atom. The Bertz CT molecular complexity index is 210. The van der Waals surface area contributed by atoms with Crippen molar-refractivity contribution in [3.05, 3.63) is 0 Å². The average molecular weight is 292 g/mol. The zero-order chi connectivity index (χ0) is 13.5. The monoisotopic (exact) mass is 292 g/mol. The highest BCUT2D eigenvalue weighted by atomic mass is 16.4. The SMILES string of the molecule is C[C@@H](O)[C@H](N)C(=O)O.C[C@@H](O)[C@H](N)C(=O)O.O.O.O. The van der Waals surface area contributed by atoms with Crippen molar-refractivity contribution in [1.29, 1.82) is 0 Å². The predicted octanol–water partition coefficient (Wildman–Crippen LogP) is -4.92. The molecule has 0 saturated heterocycles. The first-order valence-electron chi connectivity index (χ1n) is 4.44. The third-order valence-electron chi connectivity index (χ3n) is 1.61. The van der Waals surface area contributed by atoms with Gasteiger partial charge in [0, 0.05) is 0 Å². The van der Waals surface area contributed by atoms with Gasteiger partial charge in [0.1, 0.15) is 12.1 Å². The molecular weight excluding hydrogens is 268 g/mol. The molecular formula is C8H24N2O9. The summed E-state index contributed by atoms with van der Waals surface area (Å²) in [7, 11) is 0. The largest absolute Gasteiger partial charge is 0.480 e. The Morgan fingerprint density at radius 3 is 0.947 bits per heavy atom. The van der Waals surface area contributed by atoms with E-state index in [9.17, 15) is 9.59 Å². The van der Waals surface area contributed by atoms with Crippen molar-refractivity contribution in [2.75, 3.05) is 0 Å². The van der Waals surface area contributed by atoms with Crippen LogP contribution >= 0.6 is 0 Å². The Labute approximate surface area is 109 Å². The van der Waals surface area contributed by atoms with Crippen molar-refractivity contribution in [3.63, 3.8) is 0 Å². The summed E-state index contributed by atoms with van der Waals surface area (Å²) in [6.45, 7) is 2.66. The first-order valence-corrected chi connectivity index (χ1v) is 4.44. The number of aliphatic hydroxyl groups is 2. The number of carboxylic acid groups (broad SMARTS) is 2. The molecule has 14 N–H and O–H groups in total. The Kier molecular flexibility index (Phi) is 23.7. The number of carboxylic acids is 2. The van der Waals surface area contributed by atoms with Crippen molar-refractivity contribution in [2.24, 2.45) is 11.5 Å². The molecule has 0 aliphatic carbocycles. The number of rotatable bonds is 4. The van der Waals surface area contributed by atoms with Gasteiger partial charge >= 0.3 is 11.9 Å². The molecule has 120 valence electrons. The number of aliphatic carboxylic acids is 2. The molecule has 0 fully saturated rings. The van der Waals surface area contributed by atoms with E-state index in [1.807, 2.05) is 0 Å². The maximum Gasteiger partial charge on any atom is 0.323 e. The van der Waals surface area contributed by atoms with Crippen LogP contribution in [-0.4, -0.2) is 73.1 Å². The van der Waals surface area contributed by atoms with Crippen LogP contribution in [0.2, 0.25) is 0 Å². The topological polar surface area (TPSA) is 262 Å². The molecule has 0 amide bonds. The number of nitrogens with two attached hydrogens (primary N) is 2. The van der Waals surface area contributed by atoms with Gasteiger partial charge in [0.15, 0.2) is 0 Å². The third kappa shape index (κ3) is 16.7. The van der Waals surface area contributed by atoms with E-state index in [4.69, 9.17) is 31.9 Å². The van der Waals surface area contributed by atoms with E-state index in [0.29, 0.717) is 0 Å². The van der Waals surface area contributed by atoms with Gasteiger partial charge in [0.2, 0.25) is 0 Å². The van der Waals surface area contributed by atoms with E-state index >= 15 is 0 Å². The second kappa shape index (κ2) is 14.7. The molecule has 0 unspecified atom stereocenters. The van der Waals surface area contributed by atoms with Crippen LogP contribution in [0, 0.1) is 0 Å².